The smallest absolute Gasteiger partial charge is 0.256 e. The second kappa shape index (κ2) is 5.50. The molecule has 0 unspecified atom stereocenters. The molecule has 0 saturated carbocycles. The highest BCUT2D eigenvalue weighted by molar-refractivity contribution is 6.34. The Morgan fingerprint density at radius 1 is 1.24 bits per heavy atom. The number of carbonyl (C=O) groups excluding carboxylic acids is 1. The van der Waals surface area contributed by atoms with Crippen LogP contribution in [-0.2, 0) is 0 Å². The number of methoxy groups -OCH3 is 1. The summed E-state index contributed by atoms with van der Waals surface area (Å²) in [6.45, 7) is 0. The maximum atomic E-state index is 12.5. The first-order chi connectivity index (χ1) is 10.2. The highest BCUT2D eigenvalue weighted by Crippen LogP contribution is 2.28. The molecule has 21 heavy (non-hydrogen) atoms. The van der Waals surface area contributed by atoms with Crippen LogP contribution in [0, 0.1) is 0 Å². The molecule has 1 heterocycles. The van der Waals surface area contributed by atoms with Crippen molar-refractivity contribution in [2.24, 2.45) is 0 Å². The van der Waals surface area contributed by atoms with Crippen molar-refractivity contribution in [1.82, 2.24) is 4.98 Å². The second-order valence-electron chi connectivity index (χ2n) is 4.54. The Bertz CT molecular complexity index is 811. The van der Waals surface area contributed by atoms with Gasteiger partial charge in [0.25, 0.3) is 5.91 Å². The van der Waals surface area contributed by atoms with E-state index in [4.69, 9.17) is 16.3 Å². The molecule has 0 fully saturated rings. The van der Waals surface area contributed by atoms with E-state index in [1.807, 2.05) is 18.2 Å². The molecule has 0 radical (unpaired) electrons. The monoisotopic (exact) mass is 300 g/mol. The van der Waals surface area contributed by atoms with Crippen LogP contribution in [0.1, 0.15) is 10.4 Å². The molecule has 0 aliphatic carbocycles. The van der Waals surface area contributed by atoms with E-state index < -0.39 is 0 Å². The normalized spacial score (nSPS) is 10.6. The molecule has 0 saturated heterocycles. The molecule has 0 aliphatic rings. The third-order valence-corrected chi connectivity index (χ3v) is 3.59. The minimum Gasteiger partial charge on any atom is -0.497 e. The molecular formula is C16H13ClN2O2. The molecular weight excluding hydrogens is 288 g/mol. The van der Waals surface area contributed by atoms with Crippen LogP contribution in [-0.4, -0.2) is 18.0 Å². The fourth-order valence-electron chi connectivity index (χ4n) is 2.20. The summed E-state index contributed by atoms with van der Waals surface area (Å²) in [6.07, 6.45) is 1.81. The molecule has 3 rings (SSSR count). The third-order valence-electron chi connectivity index (χ3n) is 3.26. The van der Waals surface area contributed by atoms with Crippen LogP contribution in [0.15, 0.2) is 48.7 Å². The lowest BCUT2D eigenvalue weighted by atomic mass is 10.1. The van der Waals surface area contributed by atoms with Crippen LogP contribution >= 0.6 is 11.6 Å². The van der Waals surface area contributed by atoms with E-state index in [1.165, 1.54) is 0 Å². The summed E-state index contributed by atoms with van der Waals surface area (Å²) >= 11 is 6.11. The van der Waals surface area contributed by atoms with E-state index in [0.29, 0.717) is 22.0 Å². The molecule has 0 aliphatic heterocycles. The van der Waals surface area contributed by atoms with Crippen molar-refractivity contribution in [1.29, 1.82) is 0 Å². The molecule has 0 atom stereocenters. The van der Waals surface area contributed by atoms with Crippen molar-refractivity contribution in [3.05, 3.63) is 59.2 Å². The highest BCUT2D eigenvalue weighted by atomic mass is 35.5. The quantitative estimate of drug-likeness (QED) is 0.765. The van der Waals surface area contributed by atoms with Gasteiger partial charge >= 0.3 is 0 Å². The molecule has 1 aromatic heterocycles. The highest BCUT2D eigenvalue weighted by Gasteiger charge is 2.12. The van der Waals surface area contributed by atoms with Crippen LogP contribution in [0.25, 0.3) is 10.9 Å². The summed E-state index contributed by atoms with van der Waals surface area (Å²) in [7, 11) is 1.56. The minimum absolute atomic E-state index is 0.213. The van der Waals surface area contributed by atoms with Crippen molar-refractivity contribution >= 4 is 34.1 Å². The van der Waals surface area contributed by atoms with E-state index in [2.05, 4.69) is 10.3 Å². The molecule has 106 valence electrons. The van der Waals surface area contributed by atoms with E-state index in [-0.39, 0.29) is 5.91 Å². The van der Waals surface area contributed by atoms with Gasteiger partial charge in [0, 0.05) is 28.7 Å². The van der Waals surface area contributed by atoms with Crippen molar-refractivity contribution < 1.29 is 9.53 Å². The lowest BCUT2D eigenvalue weighted by Crippen LogP contribution is -2.12. The standard InChI is InChI=1S/C16H13ClN2O2/c1-21-10-5-6-13(17)15(9-10)19-16(20)12-3-2-4-14-11(12)7-8-18-14/h2-9,18H,1H3,(H,19,20). The SMILES string of the molecule is COc1ccc(Cl)c(NC(=O)c2cccc3[nH]ccc23)c1. The summed E-state index contributed by atoms with van der Waals surface area (Å²) < 4.78 is 5.14. The summed E-state index contributed by atoms with van der Waals surface area (Å²) in [5, 5.41) is 4.15. The lowest BCUT2D eigenvalue weighted by Gasteiger charge is -2.09. The largest absolute Gasteiger partial charge is 0.497 e. The van der Waals surface area contributed by atoms with Crippen molar-refractivity contribution in [3.63, 3.8) is 0 Å². The maximum Gasteiger partial charge on any atom is 0.256 e. The van der Waals surface area contributed by atoms with Gasteiger partial charge in [-0.2, -0.15) is 0 Å². The summed E-state index contributed by atoms with van der Waals surface area (Å²) in [5.74, 6) is 0.421. The minimum atomic E-state index is -0.213. The van der Waals surface area contributed by atoms with Gasteiger partial charge in [-0.15, -0.1) is 0 Å². The number of aromatic amines is 1. The lowest BCUT2D eigenvalue weighted by molar-refractivity contribution is 0.102. The number of ether oxygens (including phenoxy) is 1. The molecule has 0 spiro atoms. The van der Waals surface area contributed by atoms with Crippen molar-refractivity contribution in [2.45, 2.75) is 0 Å². The van der Waals surface area contributed by atoms with E-state index >= 15 is 0 Å². The van der Waals surface area contributed by atoms with Gasteiger partial charge in [0.2, 0.25) is 0 Å². The average Bonchev–Trinajstić information content (AvgIpc) is 2.97. The second-order valence-corrected chi connectivity index (χ2v) is 4.95. The fourth-order valence-corrected chi connectivity index (χ4v) is 2.36. The topological polar surface area (TPSA) is 54.1 Å². The number of nitrogens with one attached hydrogen (secondary N) is 2. The van der Waals surface area contributed by atoms with Crippen LogP contribution in [0.2, 0.25) is 5.02 Å². The zero-order chi connectivity index (χ0) is 14.8. The molecule has 2 N–H and O–H groups in total. The van der Waals surface area contributed by atoms with Gasteiger partial charge < -0.3 is 15.0 Å². The van der Waals surface area contributed by atoms with Gasteiger partial charge in [0.1, 0.15) is 5.75 Å². The number of H-pyrrole nitrogens is 1. The van der Waals surface area contributed by atoms with E-state index in [0.717, 1.165) is 10.9 Å². The number of anilines is 1. The van der Waals surface area contributed by atoms with E-state index in [9.17, 15) is 4.79 Å². The number of hydrogen-bond donors (Lipinski definition) is 2. The Morgan fingerprint density at radius 2 is 2.10 bits per heavy atom. The number of rotatable bonds is 3. The Labute approximate surface area is 126 Å². The predicted octanol–water partition coefficient (Wildman–Crippen LogP) is 4.08. The molecule has 0 bridgehead atoms. The zero-order valence-corrected chi connectivity index (χ0v) is 12.1. The first kappa shape index (κ1) is 13.5. The number of carbonyl (C=O) groups is 1. The number of benzene rings is 2. The van der Waals surface area contributed by atoms with E-state index in [1.54, 1.807) is 37.6 Å². The summed E-state index contributed by atoms with van der Waals surface area (Å²) in [5.41, 5.74) is 2.03. The number of hydrogen-bond acceptors (Lipinski definition) is 2. The van der Waals surface area contributed by atoms with Gasteiger partial charge in [0.05, 0.1) is 17.8 Å². The van der Waals surface area contributed by atoms with Crippen molar-refractivity contribution in [2.75, 3.05) is 12.4 Å². The Balaban J connectivity index is 1.95. The van der Waals surface area contributed by atoms with Crippen LogP contribution in [0.3, 0.4) is 0 Å². The zero-order valence-electron chi connectivity index (χ0n) is 11.3. The van der Waals surface area contributed by atoms with Crippen molar-refractivity contribution in [3.8, 4) is 5.75 Å². The van der Waals surface area contributed by atoms with Gasteiger partial charge in [-0.25, -0.2) is 0 Å². The van der Waals surface area contributed by atoms with Crippen LogP contribution in [0.5, 0.6) is 5.75 Å². The van der Waals surface area contributed by atoms with Gasteiger partial charge in [-0.1, -0.05) is 17.7 Å². The first-order valence-corrected chi connectivity index (χ1v) is 6.78. The molecule has 2 aromatic carbocycles. The Hall–Kier alpha value is -2.46. The number of aromatic nitrogens is 1. The average molecular weight is 301 g/mol. The maximum absolute atomic E-state index is 12.5. The summed E-state index contributed by atoms with van der Waals surface area (Å²) in [6, 6.07) is 12.5. The third kappa shape index (κ3) is 2.58. The Kier molecular flexibility index (Phi) is 3.54. The first-order valence-electron chi connectivity index (χ1n) is 6.40. The van der Waals surface area contributed by atoms with Crippen LogP contribution in [0.4, 0.5) is 5.69 Å². The summed E-state index contributed by atoms with van der Waals surface area (Å²) in [4.78, 5) is 15.5. The van der Waals surface area contributed by atoms with Crippen LogP contribution < -0.4 is 10.1 Å². The molecule has 1 amide bonds. The molecule has 4 nitrogen and oxygen atoms in total. The Morgan fingerprint density at radius 3 is 2.90 bits per heavy atom. The molecule has 5 heteroatoms. The van der Waals surface area contributed by atoms with Gasteiger partial charge in [-0.05, 0) is 30.3 Å². The number of amides is 1. The van der Waals surface area contributed by atoms with Gasteiger partial charge in [-0.3, -0.25) is 4.79 Å². The predicted molar refractivity (Wildman–Crippen MR) is 84.3 cm³/mol. The number of fused-ring (bicyclic) bond motifs is 1. The molecule has 3 aromatic rings. The number of halogens is 1. The fraction of sp³-hybridized carbons (Fsp3) is 0.0625. The van der Waals surface area contributed by atoms with Gasteiger partial charge in [0.15, 0.2) is 0 Å².